The highest BCUT2D eigenvalue weighted by atomic mass is 32.1. The normalized spacial score (nSPS) is 13.2. The number of aliphatic imine (C=N–C) groups is 1. The third-order valence-electron chi connectivity index (χ3n) is 3.23. The summed E-state index contributed by atoms with van der Waals surface area (Å²) in [5.41, 5.74) is 8.16. The molecule has 1 aromatic heterocycles. The van der Waals surface area contributed by atoms with Crippen LogP contribution < -0.4 is 11.1 Å². The molecule has 5 heteroatoms. The van der Waals surface area contributed by atoms with Gasteiger partial charge in [0.25, 0.3) is 0 Å². The summed E-state index contributed by atoms with van der Waals surface area (Å²) in [6.07, 6.45) is 2.91. The van der Waals surface area contributed by atoms with Crippen molar-refractivity contribution in [2.24, 2.45) is 10.7 Å². The van der Waals surface area contributed by atoms with Crippen LogP contribution in [0.15, 0.2) is 40.8 Å². The molecule has 2 aromatic rings. The van der Waals surface area contributed by atoms with Gasteiger partial charge in [0.1, 0.15) is 5.01 Å². The summed E-state index contributed by atoms with van der Waals surface area (Å²) in [5.74, 6) is 0.997. The van der Waals surface area contributed by atoms with Crippen LogP contribution in [0.3, 0.4) is 0 Å². The molecule has 2 rings (SSSR count). The molecule has 4 nitrogen and oxygen atoms in total. The zero-order chi connectivity index (χ0) is 14.4. The summed E-state index contributed by atoms with van der Waals surface area (Å²) >= 11 is 1.58. The number of aromatic nitrogens is 1. The van der Waals surface area contributed by atoms with Gasteiger partial charge in [-0.2, -0.15) is 0 Å². The molecule has 1 atom stereocenters. The Morgan fingerprint density at radius 3 is 2.75 bits per heavy atom. The predicted octanol–water partition coefficient (Wildman–Crippen LogP) is 3.58. The van der Waals surface area contributed by atoms with Crippen LogP contribution in [0.4, 0.5) is 5.69 Å². The van der Waals surface area contributed by atoms with Gasteiger partial charge in [0.05, 0.1) is 6.54 Å². The molecule has 1 heterocycles. The lowest BCUT2D eigenvalue weighted by atomic mass is 9.99. The largest absolute Gasteiger partial charge is 0.370 e. The van der Waals surface area contributed by atoms with E-state index in [1.807, 2.05) is 17.5 Å². The van der Waals surface area contributed by atoms with Crippen molar-refractivity contribution in [3.8, 4) is 0 Å². The van der Waals surface area contributed by atoms with Crippen molar-refractivity contribution in [2.75, 3.05) is 5.32 Å². The van der Waals surface area contributed by atoms with E-state index in [1.165, 1.54) is 5.56 Å². The van der Waals surface area contributed by atoms with E-state index in [2.05, 4.69) is 41.3 Å². The summed E-state index contributed by atoms with van der Waals surface area (Å²) in [4.78, 5) is 8.43. The van der Waals surface area contributed by atoms with E-state index in [1.54, 1.807) is 17.5 Å². The van der Waals surface area contributed by atoms with Gasteiger partial charge in [0.15, 0.2) is 5.96 Å². The molecular weight excluding hydrogens is 268 g/mol. The number of rotatable bonds is 5. The molecule has 0 amide bonds. The van der Waals surface area contributed by atoms with Crippen molar-refractivity contribution in [1.29, 1.82) is 0 Å². The number of thiazole rings is 1. The second-order valence-electron chi connectivity index (χ2n) is 4.68. The van der Waals surface area contributed by atoms with E-state index in [0.717, 1.165) is 17.1 Å². The Balaban J connectivity index is 1.93. The fourth-order valence-corrected chi connectivity index (χ4v) is 2.34. The molecule has 1 aromatic carbocycles. The fraction of sp³-hybridized carbons (Fsp3) is 0.333. The summed E-state index contributed by atoms with van der Waals surface area (Å²) in [7, 11) is 0. The highest BCUT2D eigenvalue weighted by molar-refractivity contribution is 7.09. The van der Waals surface area contributed by atoms with E-state index in [-0.39, 0.29) is 0 Å². The molecule has 20 heavy (non-hydrogen) atoms. The second-order valence-corrected chi connectivity index (χ2v) is 5.66. The summed E-state index contributed by atoms with van der Waals surface area (Å²) in [6, 6.07) is 8.33. The van der Waals surface area contributed by atoms with Crippen molar-refractivity contribution in [3.05, 3.63) is 46.4 Å². The van der Waals surface area contributed by atoms with Crippen LogP contribution in [-0.4, -0.2) is 10.9 Å². The maximum atomic E-state index is 5.86. The smallest absolute Gasteiger partial charge is 0.193 e. The minimum absolute atomic E-state index is 0.413. The fourth-order valence-electron chi connectivity index (χ4n) is 1.80. The molecule has 0 fully saturated rings. The molecule has 106 valence electrons. The van der Waals surface area contributed by atoms with Crippen LogP contribution in [0, 0.1) is 0 Å². The number of nitrogens with zero attached hydrogens (tertiary/aromatic N) is 2. The van der Waals surface area contributed by atoms with E-state index in [0.29, 0.717) is 18.4 Å². The summed E-state index contributed by atoms with van der Waals surface area (Å²) in [5, 5.41) is 5.99. The van der Waals surface area contributed by atoms with Gasteiger partial charge in [-0.1, -0.05) is 26.0 Å². The summed E-state index contributed by atoms with van der Waals surface area (Å²) in [6.45, 7) is 4.94. The lowest BCUT2D eigenvalue weighted by molar-refractivity contribution is 0.734. The molecule has 0 aliphatic rings. The number of nitrogens with two attached hydrogens (primary N) is 1. The number of guanidine groups is 1. The molecule has 0 aliphatic carbocycles. The van der Waals surface area contributed by atoms with Crippen LogP contribution in [0.1, 0.15) is 36.8 Å². The monoisotopic (exact) mass is 288 g/mol. The van der Waals surface area contributed by atoms with Crippen molar-refractivity contribution in [1.82, 2.24) is 4.98 Å². The molecule has 0 radical (unpaired) electrons. The number of hydrogen-bond donors (Lipinski definition) is 2. The molecule has 0 bridgehead atoms. The average molecular weight is 288 g/mol. The first kappa shape index (κ1) is 14.5. The lowest BCUT2D eigenvalue weighted by Gasteiger charge is -2.10. The standard InChI is InChI=1S/C15H20N4S/c1-3-11(2)12-4-6-13(7-5-12)19-15(16)18-10-14-17-8-9-20-14/h4-9,11H,3,10H2,1-2H3,(H3,16,18,19). The maximum Gasteiger partial charge on any atom is 0.193 e. The van der Waals surface area contributed by atoms with E-state index >= 15 is 0 Å². The van der Waals surface area contributed by atoms with Crippen LogP contribution >= 0.6 is 11.3 Å². The van der Waals surface area contributed by atoms with E-state index in [4.69, 9.17) is 5.73 Å². The average Bonchev–Trinajstić information content (AvgIpc) is 2.98. The van der Waals surface area contributed by atoms with Crippen molar-refractivity contribution < 1.29 is 0 Å². The lowest BCUT2D eigenvalue weighted by Crippen LogP contribution is -2.22. The molecule has 0 saturated carbocycles. The summed E-state index contributed by atoms with van der Waals surface area (Å²) < 4.78 is 0. The molecule has 0 aliphatic heterocycles. The molecule has 0 spiro atoms. The van der Waals surface area contributed by atoms with Gasteiger partial charge >= 0.3 is 0 Å². The predicted molar refractivity (Wildman–Crippen MR) is 86.2 cm³/mol. The first-order valence-electron chi connectivity index (χ1n) is 6.74. The van der Waals surface area contributed by atoms with Gasteiger partial charge in [-0.25, -0.2) is 9.98 Å². The van der Waals surface area contributed by atoms with Gasteiger partial charge in [-0.3, -0.25) is 0 Å². The molecule has 3 N–H and O–H groups in total. The second kappa shape index (κ2) is 7.05. The van der Waals surface area contributed by atoms with Crippen molar-refractivity contribution in [3.63, 3.8) is 0 Å². The van der Waals surface area contributed by atoms with Crippen molar-refractivity contribution >= 4 is 23.0 Å². The highest BCUT2D eigenvalue weighted by Gasteiger charge is 2.02. The molecule has 0 saturated heterocycles. The van der Waals surface area contributed by atoms with Gasteiger partial charge in [-0.15, -0.1) is 11.3 Å². The minimum atomic E-state index is 0.413. The van der Waals surface area contributed by atoms with Crippen LogP contribution in [0.5, 0.6) is 0 Å². The van der Waals surface area contributed by atoms with Gasteiger partial charge in [-0.05, 0) is 30.0 Å². The van der Waals surface area contributed by atoms with Crippen LogP contribution in [0.25, 0.3) is 0 Å². The Labute approximate surface area is 123 Å². The van der Waals surface area contributed by atoms with Crippen LogP contribution in [0.2, 0.25) is 0 Å². The topological polar surface area (TPSA) is 63.3 Å². The van der Waals surface area contributed by atoms with E-state index < -0.39 is 0 Å². The number of benzene rings is 1. The maximum absolute atomic E-state index is 5.86. The molecule has 1 unspecified atom stereocenters. The number of hydrogen-bond acceptors (Lipinski definition) is 3. The van der Waals surface area contributed by atoms with Crippen molar-refractivity contribution in [2.45, 2.75) is 32.7 Å². The zero-order valence-electron chi connectivity index (χ0n) is 11.8. The Morgan fingerprint density at radius 2 is 2.15 bits per heavy atom. The van der Waals surface area contributed by atoms with Gasteiger partial charge < -0.3 is 11.1 Å². The van der Waals surface area contributed by atoms with Crippen LogP contribution in [-0.2, 0) is 6.54 Å². The highest BCUT2D eigenvalue weighted by Crippen LogP contribution is 2.20. The molecular formula is C15H20N4S. The SMILES string of the molecule is CCC(C)c1ccc(NC(N)=NCc2nccs2)cc1. The Hall–Kier alpha value is -1.88. The zero-order valence-corrected chi connectivity index (χ0v) is 12.7. The Kier molecular flexibility index (Phi) is 5.12. The third kappa shape index (κ3) is 4.06. The first-order chi connectivity index (χ1) is 9.69. The van der Waals surface area contributed by atoms with E-state index in [9.17, 15) is 0 Å². The van der Waals surface area contributed by atoms with Gasteiger partial charge in [0, 0.05) is 17.3 Å². The minimum Gasteiger partial charge on any atom is -0.370 e. The number of anilines is 1. The van der Waals surface area contributed by atoms with Gasteiger partial charge in [0.2, 0.25) is 0 Å². The Bertz CT molecular complexity index is 546. The Morgan fingerprint density at radius 1 is 1.40 bits per heavy atom. The third-order valence-corrected chi connectivity index (χ3v) is 4.00. The first-order valence-corrected chi connectivity index (χ1v) is 7.62. The quantitative estimate of drug-likeness (QED) is 0.653. The number of nitrogens with one attached hydrogen (secondary N) is 1.